The third-order valence-corrected chi connectivity index (χ3v) is 4.94. The normalized spacial score (nSPS) is 13.5. The van der Waals surface area contributed by atoms with Crippen LogP contribution < -0.4 is 5.32 Å². The van der Waals surface area contributed by atoms with Gasteiger partial charge in [0.2, 0.25) is 5.91 Å². The van der Waals surface area contributed by atoms with Gasteiger partial charge in [0.15, 0.2) is 0 Å². The van der Waals surface area contributed by atoms with Crippen molar-refractivity contribution in [2.75, 3.05) is 0 Å². The second-order valence-electron chi connectivity index (χ2n) is 6.56. The molecular weight excluding hydrogens is 346 g/mol. The van der Waals surface area contributed by atoms with Crippen molar-refractivity contribution in [1.82, 2.24) is 15.1 Å². The second kappa shape index (κ2) is 7.92. The fourth-order valence-corrected chi connectivity index (χ4v) is 3.24. The molecule has 0 aliphatic heterocycles. The van der Waals surface area contributed by atoms with E-state index < -0.39 is 0 Å². The highest BCUT2D eigenvalue weighted by atomic mass is 35.5. The Hall–Kier alpha value is -2.33. The molecule has 0 radical (unpaired) electrons. The first-order valence-corrected chi connectivity index (χ1v) is 9.46. The SMILES string of the molecule is CC[C@@H](C)NC(=O)[C@H](CC)n1nc(-c2ccccc2)c2cc(Cl)ccc21. The molecule has 26 heavy (non-hydrogen) atoms. The number of amides is 1. The number of hydrogen-bond acceptors (Lipinski definition) is 2. The number of hydrogen-bond donors (Lipinski definition) is 1. The molecule has 0 aliphatic rings. The van der Waals surface area contributed by atoms with E-state index in [1.165, 1.54) is 0 Å². The maximum absolute atomic E-state index is 12.8. The summed E-state index contributed by atoms with van der Waals surface area (Å²) in [6, 6.07) is 15.5. The Balaban J connectivity index is 2.12. The first-order chi connectivity index (χ1) is 12.5. The van der Waals surface area contributed by atoms with Crippen LogP contribution in [-0.4, -0.2) is 21.7 Å². The van der Waals surface area contributed by atoms with Gasteiger partial charge in [-0.2, -0.15) is 5.10 Å². The van der Waals surface area contributed by atoms with Crippen molar-refractivity contribution in [2.24, 2.45) is 0 Å². The van der Waals surface area contributed by atoms with E-state index in [0.717, 1.165) is 28.6 Å². The van der Waals surface area contributed by atoms with Crippen LogP contribution >= 0.6 is 11.6 Å². The number of nitrogens with zero attached hydrogens (tertiary/aromatic N) is 2. The first-order valence-electron chi connectivity index (χ1n) is 9.08. The van der Waals surface area contributed by atoms with Crippen LogP contribution in [-0.2, 0) is 4.79 Å². The summed E-state index contributed by atoms with van der Waals surface area (Å²) in [4.78, 5) is 12.8. The van der Waals surface area contributed by atoms with Gasteiger partial charge >= 0.3 is 0 Å². The highest BCUT2D eigenvalue weighted by Gasteiger charge is 2.24. The summed E-state index contributed by atoms with van der Waals surface area (Å²) >= 11 is 6.23. The molecule has 1 amide bonds. The third-order valence-electron chi connectivity index (χ3n) is 4.70. The Bertz CT molecular complexity index is 904. The van der Waals surface area contributed by atoms with Crippen LogP contribution in [0.5, 0.6) is 0 Å². The predicted octanol–water partition coefficient (Wildman–Crippen LogP) is 5.22. The number of aromatic nitrogens is 2. The Labute approximate surface area is 159 Å². The van der Waals surface area contributed by atoms with Crippen molar-refractivity contribution in [1.29, 1.82) is 0 Å². The molecule has 5 heteroatoms. The van der Waals surface area contributed by atoms with Crippen LogP contribution in [0.1, 0.15) is 39.7 Å². The first kappa shape index (κ1) is 18.5. The molecule has 0 spiro atoms. The summed E-state index contributed by atoms with van der Waals surface area (Å²) in [6.07, 6.45) is 1.56. The highest BCUT2D eigenvalue weighted by Crippen LogP contribution is 2.32. The van der Waals surface area contributed by atoms with Crippen molar-refractivity contribution in [3.05, 3.63) is 53.6 Å². The topological polar surface area (TPSA) is 46.9 Å². The van der Waals surface area contributed by atoms with Crippen LogP contribution in [0, 0.1) is 0 Å². The summed E-state index contributed by atoms with van der Waals surface area (Å²) in [5, 5.41) is 9.52. The number of carbonyl (C=O) groups excluding carboxylic acids is 1. The summed E-state index contributed by atoms with van der Waals surface area (Å²) in [6.45, 7) is 6.08. The van der Waals surface area contributed by atoms with Gasteiger partial charge in [-0.05, 0) is 38.0 Å². The molecule has 1 aromatic heterocycles. The average molecular weight is 370 g/mol. The summed E-state index contributed by atoms with van der Waals surface area (Å²) in [5.74, 6) is 0.000752. The molecule has 3 rings (SSSR count). The molecule has 136 valence electrons. The summed E-state index contributed by atoms with van der Waals surface area (Å²) in [7, 11) is 0. The maximum atomic E-state index is 12.8. The molecule has 0 aliphatic carbocycles. The van der Waals surface area contributed by atoms with Crippen molar-refractivity contribution in [2.45, 2.75) is 45.7 Å². The van der Waals surface area contributed by atoms with E-state index in [1.807, 2.05) is 67.1 Å². The maximum Gasteiger partial charge on any atom is 0.245 e. The van der Waals surface area contributed by atoms with Crippen molar-refractivity contribution < 1.29 is 4.79 Å². The quantitative estimate of drug-likeness (QED) is 0.647. The zero-order valence-electron chi connectivity index (χ0n) is 15.4. The van der Waals surface area contributed by atoms with Gasteiger partial charge in [-0.3, -0.25) is 9.48 Å². The number of nitrogens with one attached hydrogen (secondary N) is 1. The molecule has 0 saturated heterocycles. The molecule has 0 saturated carbocycles. The molecular formula is C21H24ClN3O. The Morgan fingerprint density at radius 2 is 1.88 bits per heavy atom. The number of rotatable bonds is 6. The predicted molar refractivity (Wildman–Crippen MR) is 107 cm³/mol. The minimum absolute atomic E-state index is 0.000752. The van der Waals surface area contributed by atoms with Crippen molar-refractivity contribution in [3.63, 3.8) is 0 Å². The van der Waals surface area contributed by atoms with Gasteiger partial charge in [-0.25, -0.2) is 0 Å². The molecule has 1 heterocycles. The Morgan fingerprint density at radius 1 is 1.15 bits per heavy atom. The lowest BCUT2D eigenvalue weighted by molar-refractivity contribution is -0.125. The van der Waals surface area contributed by atoms with Crippen LogP contribution in [0.2, 0.25) is 5.02 Å². The van der Waals surface area contributed by atoms with Crippen LogP contribution in [0.15, 0.2) is 48.5 Å². The van der Waals surface area contributed by atoms with E-state index in [4.69, 9.17) is 16.7 Å². The standard InChI is InChI=1S/C21H24ClN3O/c1-4-14(3)23-21(26)18(5-2)25-19-12-11-16(22)13-17(19)20(24-25)15-9-7-6-8-10-15/h6-14,18H,4-5H2,1-3H3,(H,23,26)/t14-,18+/m1/s1. The van der Waals surface area contributed by atoms with Gasteiger partial charge in [0.25, 0.3) is 0 Å². The second-order valence-corrected chi connectivity index (χ2v) is 7.00. The summed E-state index contributed by atoms with van der Waals surface area (Å²) in [5.41, 5.74) is 2.77. The molecule has 0 fully saturated rings. The zero-order valence-corrected chi connectivity index (χ0v) is 16.1. The largest absolute Gasteiger partial charge is 0.352 e. The number of benzene rings is 2. The van der Waals surface area contributed by atoms with E-state index in [9.17, 15) is 4.79 Å². The highest BCUT2D eigenvalue weighted by molar-refractivity contribution is 6.31. The molecule has 2 atom stereocenters. The smallest absolute Gasteiger partial charge is 0.245 e. The van der Waals surface area contributed by atoms with Gasteiger partial charge in [-0.1, -0.05) is 55.8 Å². The summed E-state index contributed by atoms with van der Waals surface area (Å²) < 4.78 is 1.84. The Morgan fingerprint density at radius 3 is 2.54 bits per heavy atom. The molecule has 0 bridgehead atoms. The van der Waals surface area contributed by atoms with Crippen LogP contribution in [0.25, 0.3) is 22.2 Å². The lowest BCUT2D eigenvalue weighted by Crippen LogP contribution is -2.38. The van der Waals surface area contributed by atoms with Crippen LogP contribution in [0.4, 0.5) is 0 Å². The van der Waals surface area contributed by atoms with Crippen LogP contribution in [0.3, 0.4) is 0 Å². The van der Waals surface area contributed by atoms with Gasteiger partial charge in [-0.15, -0.1) is 0 Å². The van der Waals surface area contributed by atoms with Gasteiger partial charge in [0, 0.05) is 22.0 Å². The molecule has 1 N–H and O–H groups in total. The monoisotopic (exact) mass is 369 g/mol. The molecule has 2 aromatic carbocycles. The van der Waals surface area contributed by atoms with E-state index in [0.29, 0.717) is 11.4 Å². The molecule has 4 nitrogen and oxygen atoms in total. The van der Waals surface area contributed by atoms with Gasteiger partial charge in [0.1, 0.15) is 11.7 Å². The van der Waals surface area contributed by atoms with Crippen molar-refractivity contribution in [3.8, 4) is 11.3 Å². The fraction of sp³-hybridized carbons (Fsp3) is 0.333. The number of fused-ring (bicyclic) bond motifs is 1. The number of halogens is 1. The molecule has 3 aromatic rings. The van der Waals surface area contributed by atoms with Crippen molar-refractivity contribution >= 4 is 28.4 Å². The zero-order chi connectivity index (χ0) is 18.7. The van der Waals surface area contributed by atoms with Gasteiger partial charge in [0.05, 0.1) is 5.52 Å². The lowest BCUT2D eigenvalue weighted by atomic mass is 10.1. The van der Waals surface area contributed by atoms with E-state index in [2.05, 4.69) is 12.2 Å². The molecule has 0 unspecified atom stereocenters. The van der Waals surface area contributed by atoms with Gasteiger partial charge < -0.3 is 5.32 Å². The third kappa shape index (κ3) is 3.61. The van der Waals surface area contributed by atoms with E-state index in [-0.39, 0.29) is 18.0 Å². The fourth-order valence-electron chi connectivity index (χ4n) is 3.07. The minimum Gasteiger partial charge on any atom is -0.352 e. The van der Waals surface area contributed by atoms with E-state index >= 15 is 0 Å². The number of carbonyl (C=O) groups is 1. The van der Waals surface area contributed by atoms with E-state index in [1.54, 1.807) is 0 Å². The minimum atomic E-state index is -0.356. The average Bonchev–Trinajstić information content (AvgIpc) is 3.01. The Kier molecular flexibility index (Phi) is 5.62. The lowest BCUT2D eigenvalue weighted by Gasteiger charge is -2.19.